The van der Waals surface area contributed by atoms with Crippen LogP contribution in [0.25, 0.3) is 0 Å². The molecule has 0 aliphatic carbocycles. The van der Waals surface area contributed by atoms with Crippen molar-refractivity contribution >= 4 is 11.8 Å². The zero-order valence-corrected chi connectivity index (χ0v) is 9.91. The summed E-state index contributed by atoms with van der Waals surface area (Å²) in [5, 5.41) is 9.52. The molecule has 1 nitrogen and oxygen atoms in total. The lowest BCUT2D eigenvalue weighted by Gasteiger charge is -2.08. The van der Waals surface area contributed by atoms with Gasteiger partial charge in [-0.15, -0.1) is 0 Å². The minimum Gasteiger partial charge on any atom is -0.393 e. The summed E-state index contributed by atoms with van der Waals surface area (Å²) in [4.78, 5) is 0. The van der Waals surface area contributed by atoms with Crippen LogP contribution in [0.2, 0.25) is 0 Å². The standard InChI is InChI=1S/C11H24OS/c1-3-4-5-6-7-8-11(12)9-10-13-2/h11-12H,3-10H2,1-2H3. The summed E-state index contributed by atoms with van der Waals surface area (Å²) >= 11 is 1.82. The Bertz CT molecular complexity index is 96.1. The van der Waals surface area contributed by atoms with Gasteiger partial charge in [0.1, 0.15) is 0 Å². The van der Waals surface area contributed by atoms with E-state index in [1.54, 1.807) is 0 Å². The highest BCUT2D eigenvalue weighted by atomic mass is 32.2. The molecule has 0 bridgehead atoms. The highest BCUT2D eigenvalue weighted by molar-refractivity contribution is 7.98. The fourth-order valence-electron chi connectivity index (χ4n) is 1.38. The number of thioether (sulfide) groups is 1. The summed E-state index contributed by atoms with van der Waals surface area (Å²) in [6.45, 7) is 2.23. The molecule has 0 aromatic carbocycles. The first-order chi connectivity index (χ1) is 6.31. The molecule has 0 aromatic heterocycles. The van der Waals surface area contributed by atoms with E-state index in [0.29, 0.717) is 0 Å². The fourth-order valence-corrected chi connectivity index (χ4v) is 1.89. The largest absolute Gasteiger partial charge is 0.393 e. The molecule has 0 fully saturated rings. The van der Waals surface area contributed by atoms with Crippen molar-refractivity contribution < 1.29 is 5.11 Å². The van der Waals surface area contributed by atoms with E-state index in [2.05, 4.69) is 13.2 Å². The van der Waals surface area contributed by atoms with Gasteiger partial charge in [-0.05, 0) is 24.9 Å². The Morgan fingerprint density at radius 2 is 1.77 bits per heavy atom. The first-order valence-electron chi connectivity index (χ1n) is 5.48. The van der Waals surface area contributed by atoms with Gasteiger partial charge in [0.05, 0.1) is 6.10 Å². The maximum atomic E-state index is 9.52. The van der Waals surface area contributed by atoms with Crippen molar-refractivity contribution in [2.75, 3.05) is 12.0 Å². The maximum absolute atomic E-state index is 9.52. The number of aliphatic hydroxyl groups excluding tert-OH is 1. The van der Waals surface area contributed by atoms with Gasteiger partial charge in [-0.25, -0.2) is 0 Å². The predicted octanol–water partition coefficient (Wildman–Crippen LogP) is 3.46. The molecule has 1 unspecified atom stereocenters. The van der Waals surface area contributed by atoms with Crippen LogP contribution in [0, 0.1) is 0 Å². The monoisotopic (exact) mass is 204 g/mol. The Labute approximate surface area is 87.3 Å². The first kappa shape index (κ1) is 13.3. The minimum absolute atomic E-state index is 0.0472. The van der Waals surface area contributed by atoms with Crippen LogP contribution < -0.4 is 0 Å². The molecule has 0 aliphatic rings. The van der Waals surface area contributed by atoms with Crippen molar-refractivity contribution in [2.45, 2.75) is 58.0 Å². The van der Waals surface area contributed by atoms with E-state index >= 15 is 0 Å². The molecule has 13 heavy (non-hydrogen) atoms. The van der Waals surface area contributed by atoms with Crippen molar-refractivity contribution in [2.24, 2.45) is 0 Å². The lowest BCUT2D eigenvalue weighted by molar-refractivity contribution is 0.157. The summed E-state index contributed by atoms with van der Waals surface area (Å²) in [6, 6.07) is 0. The van der Waals surface area contributed by atoms with Gasteiger partial charge in [0.25, 0.3) is 0 Å². The Kier molecular flexibility index (Phi) is 10.6. The second-order valence-electron chi connectivity index (χ2n) is 3.64. The molecule has 0 rings (SSSR count). The fraction of sp³-hybridized carbons (Fsp3) is 1.00. The summed E-state index contributed by atoms with van der Waals surface area (Å²) in [7, 11) is 0. The van der Waals surface area contributed by atoms with E-state index < -0.39 is 0 Å². The zero-order chi connectivity index (χ0) is 9.94. The molecule has 0 saturated carbocycles. The van der Waals surface area contributed by atoms with Gasteiger partial charge in [-0.2, -0.15) is 11.8 Å². The minimum atomic E-state index is -0.0472. The Morgan fingerprint density at radius 1 is 1.08 bits per heavy atom. The van der Waals surface area contributed by atoms with Crippen LogP contribution in [0.1, 0.15) is 51.9 Å². The molecule has 1 atom stereocenters. The van der Waals surface area contributed by atoms with E-state index in [1.165, 1.54) is 32.1 Å². The molecule has 0 aliphatic heterocycles. The molecule has 0 radical (unpaired) electrons. The topological polar surface area (TPSA) is 20.2 Å². The smallest absolute Gasteiger partial charge is 0.0548 e. The molecule has 0 heterocycles. The molecule has 80 valence electrons. The van der Waals surface area contributed by atoms with E-state index in [-0.39, 0.29) is 6.10 Å². The molecule has 1 N–H and O–H groups in total. The lowest BCUT2D eigenvalue weighted by atomic mass is 10.1. The molecule has 0 aromatic rings. The first-order valence-corrected chi connectivity index (χ1v) is 6.87. The Morgan fingerprint density at radius 3 is 2.38 bits per heavy atom. The van der Waals surface area contributed by atoms with Crippen molar-refractivity contribution in [3.63, 3.8) is 0 Å². The van der Waals surface area contributed by atoms with Gasteiger partial charge < -0.3 is 5.11 Å². The van der Waals surface area contributed by atoms with E-state index in [4.69, 9.17) is 0 Å². The predicted molar refractivity (Wildman–Crippen MR) is 62.4 cm³/mol. The van der Waals surface area contributed by atoms with E-state index in [1.807, 2.05) is 11.8 Å². The summed E-state index contributed by atoms with van der Waals surface area (Å²) in [5.41, 5.74) is 0. The SMILES string of the molecule is CCCCCCCC(O)CCSC. The van der Waals surface area contributed by atoms with Gasteiger partial charge >= 0.3 is 0 Å². The second kappa shape index (κ2) is 10.4. The van der Waals surface area contributed by atoms with Crippen LogP contribution in [-0.2, 0) is 0 Å². The third kappa shape index (κ3) is 10.2. The summed E-state index contributed by atoms with van der Waals surface area (Å²) < 4.78 is 0. The van der Waals surface area contributed by atoms with E-state index in [0.717, 1.165) is 18.6 Å². The van der Waals surface area contributed by atoms with Crippen molar-refractivity contribution in [3.05, 3.63) is 0 Å². The zero-order valence-electron chi connectivity index (χ0n) is 9.09. The molecule has 0 spiro atoms. The summed E-state index contributed by atoms with van der Waals surface area (Å²) in [6.07, 6.45) is 10.5. The van der Waals surface area contributed by atoms with Crippen LogP contribution in [0.3, 0.4) is 0 Å². The van der Waals surface area contributed by atoms with Gasteiger partial charge in [0.2, 0.25) is 0 Å². The highest BCUT2D eigenvalue weighted by Gasteiger charge is 2.02. The van der Waals surface area contributed by atoms with Crippen molar-refractivity contribution in [1.29, 1.82) is 0 Å². The van der Waals surface area contributed by atoms with Crippen molar-refractivity contribution in [3.8, 4) is 0 Å². The number of hydrogen-bond donors (Lipinski definition) is 1. The number of aliphatic hydroxyl groups is 1. The normalized spacial score (nSPS) is 13.2. The number of unbranched alkanes of at least 4 members (excludes halogenated alkanes) is 4. The van der Waals surface area contributed by atoms with Crippen LogP contribution in [0.4, 0.5) is 0 Å². The van der Waals surface area contributed by atoms with Crippen LogP contribution in [0.15, 0.2) is 0 Å². The number of hydrogen-bond acceptors (Lipinski definition) is 2. The van der Waals surface area contributed by atoms with Crippen LogP contribution in [0.5, 0.6) is 0 Å². The van der Waals surface area contributed by atoms with Crippen LogP contribution in [-0.4, -0.2) is 23.2 Å². The number of rotatable bonds is 9. The van der Waals surface area contributed by atoms with E-state index in [9.17, 15) is 5.11 Å². The molecule has 0 amide bonds. The Balaban J connectivity index is 3.03. The van der Waals surface area contributed by atoms with Gasteiger partial charge in [-0.1, -0.05) is 39.0 Å². The second-order valence-corrected chi connectivity index (χ2v) is 4.62. The van der Waals surface area contributed by atoms with Crippen molar-refractivity contribution in [1.82, 2.24) is 0 Å². The quantitative estimate of drug-likeness (QED) is 0.580. The van der Waals surface area contributed by atoms with Crippen LogP contribution >= 0.6 is 11.8 Å². The Hall–Kier alpha value is 0.310. The lowest BCUT2D eigenvalue weighted by Crippen LogP contribution is -2.07. The molecule has 0 saturated heterocycles. The van der Waals surface area contributed by atoms with Gasteiger partial charge in [0.15, 0.2) is 0 Å². The molecular formula is C11H24OS. The third-order valence-electron chi connectivity index (χ3n) is 2.30. The third-order valence-corrected chi connectivity index (χ3v) is 2.94. The highest BCUT2D eigenvalue weighted by Crippen LogP contribution is 2.10. The summed E-state index contributed by atoms with van der Waals surface area (Å²) in [5.74, 6) is 1.09. The molecule has 2 heteroatoms. The molecular weight excluding hydrogens is 180 g/mol. The average molecular weight is 204 g/mol. The average Bonchev–Trinajstić information content (AvgIpc) is 2.14. The van der Waals surface area contributed by atoms with Gasteiger partial charge in [-0.3, -0.25) is 0 Å². The maximum Gasteiger partial charge on any atom is 0.0548 e. The van der Waals surface area contributed by atoms with Gasteiger partial charge in [0, 0.05) is 0 Å².